The van der Waals surface area contributed by atoms with Crippen molar-refractivity contribution in [2.45, 2.75) is 13.5 Å². The Bertz CT molecular complexity index is 715. The Labute approximate surface area is 129 Å². The van der Waals surface area contributed by atoms with Crippen molar-refractivity contribution in [2.75, 3.05) is 5.32 Å². The second-order valence-electron chi connectivity index (χ2n) is 4.16. The number of aromatic nitrogens is 3. The molecule has 0 radical (unpaired) electrons. The summed E-state index contributed by atoms with van der Waals surface area (Å²) < 4.78 is 1.19. The zero-order valence-corrected chi connectivity index (χ0v) is 12.3. The first-order chi connectivity index (χ1) is 9.88. The van der Waals surface area contributed by atoms with E-state index in [0.717, 1.165) is 0 Å². The highest BCUT2D eigenvalue weighted by molar-refractivity contribution is 6.35. The maximum atomic E-state index is 11.9. The Morgan fingerprint density at radius 3 is 2.71 bits per heavy atom. The van der Waals surface area contributed by atoms with E-state index in [-0.39, 0.29) is 17.9 Å². The number of hydrogen-bond acceptors (Lipinski definition) is 4. The van der Waals surface area contributed by atoms with E-state index in [9.17, 15) is 9.59 Å². The van der Waals surface area contributed by atoms with Crippen molar-refractivity contribution in [1.82, 2.24) is 15.0 Å². The zero-order chi connectivity index (χ0) is 15.6. The molecule has 1 aromatic heterocycles. The molecule has 0 aliphatic rings. The number of nitrogens with one attached hydrogen (secondary N) is 1. The minimum absolute atomic E-state index is 0.186. The highest BCUT2D eigenvalue weighted by atomic mass is 35.5. The van der Waals surface area contributed by atoms with E-state index in [2.05, 4.69) is 15.6 Å². The number of rotatable bonds is 4. The molecule has 0 unspecified atom stereocenters. The lowest BCUT2D eigenvalue weighted by atomic mass is 10.3. The van der Waals surface area contributed by atoms with E-state index in [4.69, 9.17) is 28.3 Å². The summed E-state index contributed by atoms with van der Waals surface area (Å²) in [5, 5.41) is 19.3. The average molecular weight is 329 g/mol. The largest absolute Gasteiger partial charge is 0.476 e. The smallest absolute Gasteiger partial charge is 0.358 e. The van der Waals surface area contributed by atoms with Gasteiger partial charge in [0.2, 0.25) is 5.91 Å². The Morgan fingerprint density at radius 2 is 2.10 bits per heavy atom. The number of nitrogens with zero attached hydrogens (tertiary/aromatic N) is 3. The average Bonchev–Trinajstić information content (AvgIpc) is 2.75. The van der Waals surface area contributed by atoms with Gasteiger partial charge in [0.05, 0.1) is 16.4 Å². The summed E-state index contributed by atoms with van der Waals surface area (Å²) in [6, 6.07) is 4.67. The minimum Gasteiger partial charge on any atom is -0.476 e. The molecule has 9 heteroatoms. The second-order valence-corrected chi connectivity index (χ2v) is 5.00. The summed E-state index contributed by atoms with van der Waals surface area (Å²) >= 11 is 11.8. The normalized spacial score (nSPS) is 10.4. The van der Waals surface area contributed by atoms with Gasteiger partial charge in [0.15, 0.2) is 5.69 Å². The van der Waals surface area contributed by atoms with Crippen molar-refractivity contribution in [1.29, 1.82) is 0 Å². The zero-order valence-electron chi connectivity index (χ0n) is 10.8. The molecule has 1 heterocycles. The van der Waals surface area contributed by atoms with E-state index >= 15 is 0 Å². The van der Waals surface area contributed by atoms with Crippen LogP contribution in [-0.2, 0) is 11.3 Å². The third kappa shape index (κ3) is 3.50. The van der Waals surface area contributed by atoms with Crippen LogP contribution in [0.15, 0.2) is 18.2 Å². The summed E-state index contributed by atoms with van der Waals surface area (Å²) in [5.74, 6) is -1.62. The van der Waals surface area contributed by atoms with Crippen LogP contribution in [0.5, 0.6) is 0 Å². The van der Waals surface area contributed by atoms with Crippen molar-refractivity contribution in [2.24, 2.45) is 0 Å². The monoisotopic (exact) mass is 328 g/mol. The molecule has 0 aliphatic heterocycles. The molecule has 7 nitrogen and oxygen atoms in total. The third-order valence-electron chi connectivity index (χ3n) is 2.68. The number of anilines is 1. The van der Waals surface area contributed by atoms with Crippen LogP contribution in [0.1, 0.15) is 16.2 Å². The Morgan fingerprint density at radius 1 is 1.38 bits per heavy atom. The molecule has 21 heavy (non-hydrogen) atoms. The fourth-order valence-electron chi connectivity index (χ4n) is 1.63. The quantitative estimate of drug-likeness (QED) is 0.896. The topological polar surface area (TPSA) is 97.1 Å². The Hall–Kier alpha value is -2.12. The molecule has 0 saturated heterocycles. The van der Waals surface area contributed by atoms with Crippen LogP contribution < -0.4 is 5.32 Å². The van der Waals surface area contributed by atoms with Gasteiger partial charge in [-0.2, -0.15) is 0 Å². The highest BCUT2D eigenvalue weighted by Gasteiger charge is 2.17. The molecule has 2 N–H and O–H groups in total. The second kappa shape index (κ2) is 6.11. The number of carbonyl (C=O) groups is 2. The molecule has 0 atom stereocenters. The molecule has 2 rings (SSSR count). The molecular formula is C12H10Cl2N4O3. The molecular weight excluding hydrogens is 319 g/mol. The molecule has 0 aliphatic carbocycles. The van der Waals surface area contributed by atoms with Crippen LogP contribution in [-0.4, -0.2) is 32.0 Å². The highest BCUT2D eigenvalue weighted by Crippen LogP contribution is 2.25. The van der Waals surface area contributed by atoms with Crippen LogP contribution in [0.25, 0.3) is 0 Å². The lowest BCUT2D eigenvalue weighted by Gasteiger charge is -2.08. The minimum atomic E-state index is -1.20. The number of aromatic carboxylic acids is 1. The van der Waals surface area contributed by atoms with Gasteiger partial charge in [-0.3, -0.25) is 4.79 Å². The number of carboxylic acids is 1. The first-order valence-electron chi connectivity index (χ1n) is 5.76. The van der Waals surface area contributed by atoms with Crippen molar-refractivity contribution in [3.8, 4) is 0 Å². The van der Waals surface area contributed by atoms with Gasteiger partial charge in [-0.15, -0.1) is 5.10 Å². The van der Waals surface area contributed by atoms with Gasteiger partial charge in [0.1, 0.15) is 6.54 Å². The predicted octanol–water partition coefficient (Wildman–Crippen LogP) is 2.23. The van der Waals surface area contributed by atoms with Gasteiger partial charge in [-0.1, -0.05) is 28.4 Å². The van der Waals surface area contributed by atoms with Crippen molar-refractivity contribution in [3.05, 3.63) is 39.6 Å². The number of carbonyl (C=O) groups excluding carboxylic acids is 1. The van der Waals surface area contributed by atoms with Gasteiger partial charge in [0.25, 0.3) is 0 Å². The molecule has 0 fully saturated rings. The van der Waals surface area contributed by atoms with Gasteiger partial charge in [-0.05, 0) is 25.1 Å². The predicted molar refractivity (Wildman–Crippen MR) is 76.8 cm³/mol. The van der Waals surface area contributed by atoms with Crippen LogP contribution in [0.2, 0.25) is 10.0 Å². The maximum absolute atomic E-state index is 11.9. The van der Waals surface area contributed by atoms with Crippen molar-refractivity contribution < 1.29 is 14.7 Å². The Kier molecular flexibility index (Phi) is 4.44. The van der Waals surface area contributed by atoms with Crippen LogP contribution in [0.3, 0.4) is 0 Å². The number of amides is 1. The summed E-state index contributed by atoms with van der Waals surface area (Å²) in [6.07, 6.45) is 0. The van der Waals surface area contributed by atoms with Gasteiger partial charge < -0.3 is 10.4 Å². The molecule has 110 valence electrons. The van der Waals surface area contributed by atoms with Crippen LogP contribution in [0.4, 0.5) is 5.69 Å². The number of carboxylic acid groups (broad SMARTS) is 1. The van der Waals surface area contributed by atoms with E-state index in [1.165, 1.54) is 17.7 Å². The standard InChI is InChI=1S/C12H10Cl2N4O3/c1-6-11(12(20)21)16-17-18(6)5-10(19)15-9-4-7(13)2-3-8(9)14/h2-4H,5H2,1H3,(H,15,19)(H,20,21). The van der Waals surface area contributed by atoms with Crippen molar-refractivity contribution in [3.63, 3.8) is 0 Å². The van der Waals surface area contributed by atoms with E-state index in [0.29, 0.717) is 15.7 Å². The lowest BCUT2D eigenvalue weighted by Crippen LogP contribution is -2.20. The fourth-order valence-corrected chi connectivity index (χ4v) is 1.96. The lowest BCUT2D eigenvalue weighted by molar-refractivity contribution is -0.117. The number of benzene rings is 1. The number of hydrogen-bond donors (Lipinski definition) is 2. The van der Waals surface area contributed by atoms with Crippen LogP contribution >= 0.6 is 23.2 Å². The summed E-state index contributed by atoms with van der Waals surface area (Å²) in [6.45, 7) is 1.33. The van der Waals surface area contributed by atoms with E-state index in [1.807, 2.05) is 0 Å². The van der Waals surface area contributed by atoms with Gasteiger partial charge in [0, 0.05) is 5.02 Å². The molecule has 0 bridgehead atoms. The van der Waals surface area contributed by atoms with Crippen LogP contribution in [0, 0.1) is 6.92 Å². The number of halogens is 2. The summed E-state index contributed by atoms with van der Waals surface area (Å²) in [4.78, 5) is 22.8. The fraction of sp³-hybridized carbons (Fsp3) is 0.167. The summed E-state index contributed by atoms with van der Waals surface area (Å²) in [7, 11) is 0. The molecule has 1 aromatic carbocycles. The van der Waals surface area contributed by atoms with E-state index < -0.39 is 11.9 Å². The third-order valence-corrected chi connectivity index (χ3v) is 3.25. The molecule has 0 saturated carbocycles. The van der Waals surface area contributed by atoms with Gasteiger partial charge in [-0.25, -0.2) is 9.48 Å². The van der Waals surface area contributed by atoms with Gasteiger partial charge >= 0.3 is 5.97 Å². The summed E-state index contributed by atoms with van der Waals surface area (Å²) in [5.41, 5.74) is 0.462. The maximum Gasteiger partial charge on any atom is 0.358 e. The first-order valence-corrected chi connectivity index (χ1v) is 6.52. The molecule has 0 spiro atoms. The molecule has 1 amide bonds. The SMILES string of the molecule is Cc1c(C(=O)O)nnn1CC(=O)Nc1cc(Cl)ccc1Cl. The Balaban J connectivity index is 2.12. The van der Waals surface area contributed by atoms with E-state index in [1.54, 1.807) is 12.1 Å². The first kappa shape index (κ1) is 15.3. The van der Waals surface area contributed by atoms with Crippen molar-refractivity contribution >= 4 is 40.8 Å². The molecule has 2 aromatic rings.